The molecule has 0 fully saturated rings. The van der Waals surface area contributed by atoms with E-state index >= 15 is 0 Å². The van der Waals surface area contributed by atoms with Crippen LogP contribution in [0.2, 0.25) is 0 Å². The molecule has 0 aliphatic heterocycles. The zero-order chi connectivity index (χ0) is 11.4. The second kappa shape index (κ2) is 5.06. The van der Waals surface area contributed by atoms with Gasteiger partial charge >= 0.3 is 0 Å². The Bertz CT molecular complexity index is 362. The molecular formula is C14H18O2. The Morgan fingerprint density at radius 2 is 1.69 bits per heavy atom. The summed E-state index contributed by atoms with van der Waals surface area (Å²) in [6.07, 6.45) is 10.4. The van der Waals surface area contributed by atoms with Crippen molar-refractivity contribution in [2.75, 3.05) is 0 Å². The first-order valence-electron chi connectivity index (χ1n) is 5.95. The van der Waals surface area contributed by atoms with Gasteiger partial charge in [0.2, 0.25) is 0 Å². The molecule has 1 aromatic carbocycles. The summed E-state index contributed by atoms with van der Waals surface area (Å²) in [6, 6.07) is 4.86. The summed E-state index contributed by atoms with van der Waals surface area (Å²) in [7, 11) is 0. The maximum absolute atomic E-state index is 9.47. The van der Waals surface area contributed by atoms with Gasteiger partial charge in [-0.2, -0.15) is 0 Å². The van der Waals surface area contributed by atoms with E-state index in [1.807, 2.05) is 0 Å². The smallest absolute Gasteiger partial charge is 0.119 e. The highest BCUT2D eigenvalue weighted by molar-refractivity contribution is 5.39. The summed E-state index contributed by atoms with van der Waals surface area (Å²) in [5, 5.41) is 18.9. The van der Waals surface area contributed by atoms with Crippen molar-refractivity contribution in [3.05, 3.63) is 35.9 Å². The first kappa shape index (κ1) is 11.1. The molecule has 2 rings (SSSR count). The van der Waals surface area contributed by atoms with Crippen LogP contribution in [0.3, 0.4) is 0 Å². The SMILES string of the molecule is Oc1cc(O)cc(C2C=CCCCCC2)c1. The molecular weight excluding hydrogens is 200 g/mol. The van der Waals surface area contributed by atoms with Crippen LogP contribution in [0.25, 0.3) is 0 Å². The molecule has 1 atom stereocenters. The molecule has 0 saturated carbocycles. The number of phenols is 2. The molecule has 0 aromatic heterocycles. The van der Waals surface area contributed by atoms with Crippen LogP contribution >= 0.6 is 0 Å². The summed E-state index contributed by atoms with van der Waals surface area (Å²) >= 11 is 0. The number of hydrogen-bond acceptors (Lipinski definition) is 2. The van der Waals surface area contributed by atoms with Crippen LogP contribution in [-0.4, -0.2) is 10.2 Å². The van der Waals surface area contributed by atoms with Crippen molar-refractivity contribution < 1.29 is 10.2 Å². The molecule has 86 valence electrons. The van der Waals surface area contributed by atoms with Gasteiger partial charge in [0.05, 0.1) is 0 Å². The number of hydrogen-bond donors (Lipinski definition) is 2. The lowest BCUT2D eigenvalue weighted by Crippen LogP contribution is -1.97. The molecule has 1 aliphatic rings. The minimum atomic E-state index is 0.144. The Labute approximate surface area is 96.2 Å². The zero-order valence-corrected chi connectivity index (χ0v) is 9.39. The van der Waals surface area contributed by atoms with E-state index in [-0.39, 0.29) is 11.5 Å². The molecule has 16 heavy (non-hydrogen) atoms. The van der Waals surface area contributed by atoms with Crippen LogP contribution in [-0.2, 0) is 0 Å². The molecule has 0 saturated heterocycles. The molecule has 2 nitrogen and oxygen atoms in total. The fourth-order valence-corrected chi connectivity index (χ4v) is 2.27. The summed E-state index contributed by atoms with van der Waals surface area (Å²) in [6.45, 7) is 0. The monoisotopic (exact) mass is 218 g/mol. The van der Waals surface area contributed by atoms with Crippen LogP contribution in [0.1, 0.15) is 43.6 Å². The predicted molar refractivity (Wildman–Crippen MR) is 64.7 cm³/mol. The van der Waals surface area contributed by atoms with Crippen molar-refractivity contribution >= 4 is 0 Å². The first-order chi connectivity index (χ1) is 7.75. The van der Waals surface area contributed by atoms with Gasteiger partial charge in [-0.15, -0.1) is 0 Å². The van der Waals surface area contributed by atoms with E-state index in [2.05, 4.69) is 12.2 Å². The second-order valence-electron chi connectivity index (χ2n) is 4.46. The fourth-order valence-electron chi connectivity index (χ4n) is 2.27. The molecule has 0 radical (unpaired) electrons. The highest BCUT2D eigenvalue weighted by Crippen LogP contribution is 2.31. The van der Waals surface area contributed by atoms with Crippen molar-refractivity contribution in [2.45, 2.75) is 38.0 Å². The van der Waals surface area contributed by atoms with Crippen molar-refractivity contribution in [1.82, 2.24) is 0 Å². The van der Waals surface area contributed by atoms with Gasteiger partial charge in [0.15, 0.2) is 0 Å². The lowest BCUT2D eigenvalue weighted by Gasteiger charge is -2.16. The van der Waals surface area contributed by atoms with Gasteiger partial charge in [0.25, 0.3) is 0 Å². The summed E-state index contributed by atoms with van der Waals surface area (Å²) in [4.78, 5) is 0. The first-order valence-corrected chi connectivity index (χ1v) is 5.95. The van der Waals surface area contributed by atoms with Gasteiger partial charge in [-0.05, 0) is 37.0 Å². The second-order valence-corrected chi connectivity index (χ2v) is 4.46. The Balaban J connectivity index is 2.23. The number of allylic oxidation sites excluding steroid dienone is 2. The standard InChI is InChI=1S/C14H18O2/c15-13-8-12(9-14(16)10-13)11-6-4-2-1-3-5-7-11/h4,6,8-11,15-16H,1-3,5,7H2. The molecule has 2 N–H and O–H groups in total. The van der Waals surface area contributed by atoms with Gasteiger partial charge in [0.1, 0.15) is 11.5 Å². The third-order valence-electron chi connectivity index (χ3n) is 3.11. The van der Waals surface area contributed by atoms with E-state index in [9.17, 15) is 10.2 Å². The van der Waals surface area contributed by atoms with Gasteiger partial charge in [0, 0.05) is 12.0 Å². The summed E-state index contributed by atoms with van der Waals surface area (Å²) in [5.41, 5.74) is 1.01. The topological polar surface area (TPSA) is 40.5 Å². The molecule has 0 amide bonds. The van der Waals surface area contributed by atoms with Crippen molar-refractivity contribution in [3.8, 4) is 11.5 Å². The normalized spacial score (nSPS) is 21.4. The minimum Gasteiger partial charge on any atom is -0.508 e. The minimum absolute atomic E-state index is 0.144. The average molecular weight is 218 g/mol. The largest absolute Gasteiger partial charge is 0.508 e. The summed E-state index contributed by atoms with van der Waals surface area (Å²) < 4.78 is 0. The molecule has 2 heteroatoms. The van der Waals surface area contributed by atoms with E-state index < -0.39 is 0 Å². The number of rotatable bonds is 1. The molecule has 0 heterocycles. The Hall–Kier alpha value is -1.44. The van der Waals surface area contributed by atoms with Crippen molar-refractivity contribution in [3.63, 3.8) is 0 Å². The van der Waals surface area contributed by atoms with E-state index in [1.165, 1.54) is 25.3 Å². The van der Waals surface area contributed by atoms with E-state index in [0.717, 1.165) is 18.4 Å². The van der Waals surface area contributed by atoms with Crippen LogP contribution in [0.15, 0.2) is 30.4 Å². The van der Waals surface area contributed by atoms with E-state index in [4.69, 9.17) is 0 Å². The fraction of sp³-hybridized carbons (Fsp3) is 0.429. The van der Waals surface area contributed by atoms with Crippen LogP contribution in [0.4, 0.5) is 0 Å². The molecule has 0 spiro atoms. The lowest BCUT2D eigenvalue weighted by molar-refractivity contribution is 0.448. The molecule has 1 aromatic rings. The molecule has 1 unspecified atom stereocenters. The van der Waals surface area contributed by atoms with E-state index in [0.29, 0.717) is 5.92 Å². The zero-order valence-electron chi connectivity index (χ0n) is 9.39. The van der Waals surface area contributed by atoms with Crippen molar-refractivity contribution in [1.29, 1.82) is 0 Å². The highest BCUT2D eigenvalue weighted by atomic mass is 16.3. The summed E-state index contributed by atoms with van der Waals surface area (Å²) in [5.74, 6) is 0.620. The third kappa shape index (κ3) is 2.78. The van der Waals surface area contributed by atoms with Gasteiger partial charge in [-0.3, -0.25) is 0 Å². The predicted octanol–water partition coefficient (Wildman–Crippen LogP) is 3.70. The number of aromatic hydroxyl groups is 2. The molecule has 0 bridgehead atoms. The number of phenolic OH excluding ortho intramolecular Hbond substituents is 2. The molecule has 1 aliphatic carbocycles. The maximum atomic E-state index is 9.47. The Morgan fingerprint density at radius 1 is 0.938 bits per heavy atom. The van der Waals surface area contributed by atoms with Gasteiger partial charge < -0.3 is 10.2 Å². The van der Waals surface area contributed by atoms with Gasteiger partial charge in [-0.1, -0.05) is 25.0 Å². The van der Waals surface area contributed by atoms with Crippen LogP contribution < -0.4 is 0 Å². The van der Waals surface area contributed by atoms with Crippen LogP contribution in [0, 0.1) is 0 Å². The number of benzene rings is 1. The lowest BCUT2D eigenvalue weighted by atomic mass is 9.90. The average Bonchev–Trinajstić information content (AvgIpc) is 2.14. The van der Waals surface area contributed by atoms with Crippen molar-refractivity contribution in [2.24, 2.45) is 0 Å². The Kier molecular flexibility index (Phi) is 3.50. The Morgan fingerprint density at radius 3 is 2.44 bits per heavy atom. The van der Waals surface area contributed by atoms with Crippen LogP contribution in [0.5, 0.6) is 11.5 Å². The highest BCUT2D eigenvalue weighted by Gasteiger charge is 2.11. The quantitative estimate of drug-likeness (QED) is 0.705. The maximum Gasteiger partial charge on any atom is 0.119 e. The third-order valence-corrected chi connectivity index (χ3v) is 3.11. The van der Waals surface area contributed by atoms with E-state index in [1.54, 1.807) is 12.1 Å². The van der Waals surface area contributed by atoms with Gasteiger partial charge in [-0.25, -0.2) is 0 Å².